The Labute approximate surface area is 204 Å². The van der Waals surface area contributed by atoms with Gasteiger partial charge in [-0.05, 0) is 10.8 Å². The number of carbonyl (C=O) groups is 1. The second-order valence-corrected chi connectivity index (χ2v) is 8.40. The zero-order chi connectivity index (χ0) is 20.2. The van der Waals surface area contributed by atoms with E-state index >= 15 is 0 Å². The summed E-state index contributed by atoms with van der Waals surface area (Å²) >= 11 is 0. The van der Waals surface area contributed by atoms with E-state index in [0.717, 1.165) is 32.1 Å². The third kappa shape index (κ3) is 86.0. The molecule has 0 fully saturated rings. The first-order chi connectivity index (χ1) is 10.8. The van der Waals surface area contributed by atoms with Crippen LogP contribution >= 0.6 is 0 Å². The van der Waals surface area contributed by atoms with E-state index in [9.17, 15) is 4.79 Å². The van der Waals surface area contributed by atoms with Crippen LogP contribution in [-0.2, 0) is 46.9 Å². The van der Waals surface area contributed by atoms with E-state index < -0.39 is 0 Å². The van der Waals surface area contributed by atoms with Gasteiger partial charge in [-0.1, -0.05) is 75.7 Å². The fourth-order valence-electron chi connectivity index (χ4n) is 1.53. The van der Waals surface area contributed by atoms with Crippen LogP contribution in [0.4, 0.5) is 0 Å². The fraction of sp³-hybridized carbons (Fsp3) is 0.792. The van der Waals surface area contributed by atoms with E-state index in [1.807, 2.05) is 13.8 Å². The normalized spacial score (nSPS) is 9.19. The molecule has 0 unspecified atom stereocenters. The Morgan fingerprint density at radius 2 is 1.07 bits per heavy atom. The molecule has 0 aromatic carbocycles. The minimum atomic E-state index is 0. The maximum atomic E-state index is 11.2. The van der Waals surface area contributed by atoms with Gasteiger partial charge in [0.1, 0.15) is 5.78 Å². The summed E-state index contributed by atoms with van der Waals surface area (Å²) in [5.74, 6) is 0.376. The quantitative estimate of drug-likeness (QED) is 0.260. The third-order valence-electron chi connectivity index (χ3n) is 2.36. The van der Waals surface area contributed by atoms with Crippen LogP contribution in [0.1, 0.15) is 114 Å². The zero-order valence-corrected chi connectivity index (χ0v) is 25.1. The summed E-state index contributed by atoms with van der Waals surface area (Å²) in [6.07, 6.45) is 7.51. The first-order valence-electron chi connectivity index (χ1n) is 9.53. The molecule has 0 aromatic rings. The smallest absolute Gasteiger partial charge is 0.344 e. The zero-order valence-electron chi connectivity index (χ0n) is 19.2. The fourth-order valence-corrected chi connectivity index (χ4v) is 1.53. The van der Waals surface area contributed by atoms with E-state index in [1.165, 1.54) is 6.42 Å². The van der Waals surface area contributed by atoms with Gasteiger partial charge in [-0.3, -0.25) is 4.79 Å². The van der Waals surface area contributed by atoms with Gasteiger partial charge in [0.25, 0.3) is 0 Å². The molecule has 3 heteroatoms. The van der Waals surface area contributed by atoms with Gasteiger partial charge in [0, 0.05) is 12.8 Å². The molecule has 0 atom stereocenters. The average molecular weight is 724 g/mol. The molecule has 0 rings (SSSR count). The molecule has 0 saturated carbocycles. The van der Waals surface area contributed by atoms with Crippen molar-refractivity contribution in [2.45, 2.75) is 114 Å². The molecule has 0 spiro atoms. The van der Waals surface area contributed by atoms with Crippen LogP contribution < -0.4 is 0 Å². The SMILES string of the molecule is C.[CH2-]CC.[CH2-]CC.[CH2-]CCC(C)(C)C.[CH2-]CCCC(=O)CC(C)(C)C.[W+2].[W+2]. The topological polar surface area (TPSA) is 17.1 Å². The van der Waals surface area contributed by atoms with Gasteiger partial charge in [-0.25, -0.2) is 0 Å². The third-order valence-corrected chi connectivity index (χ3v) is 2.36. The Bertz CT molecular complexity index is 236. The first-order valence-corrected chi connectivity index (χ1v) is 9.53. The second-order valence-electron chi connectivity index (χ2n) is 8.40. The van der Waals surface area contributed by atoms with E-state index in [0.29, 0.717) is 24.0 Å². The molecule has 0 radical (unpaired) electrons. The minimum absolute atomic E-state index is 0. The summed E-state index contributed by atoms with van der Waals surface area (Å²) < 4.78 is 0. The molecule has 0 aromatic heterocycles. The molecular formula is C24H52OW2. The van der Waals surface area contributed by atoms with E-state index in [4.69, 9.17) is 0 Å². The molecule has 0 aliphatic carbocycles. The standard InChI is InChI=1S/C10H19O.C7H15.2C3H7.CH4.2W/c1-5-6-7-9(11)8-10(2,3)4;1-5-6-7(2,3)4;2*1-3-2;;;/h1,5-8H2,2-4H3;1,5-6H2,2-4H3;2*1,3H2,2H3;1H4;;/q4*-1;;2*+2. The molecule has 166 valence electrons. The van der Waals surface area contributed by atoms with Crippen molar-refractivity contribution < 1.29 is 46.9 Å². The number of rotatable bonds is 5. The van der Waals surface area contributed by atoms with Crippen molar-refractivity contribution in [1.82, 2.24) is 0 Å². The van der Waals surface area contributed by atoms with Crippen LogP contribution in [0, 0.1) is 38.5 Å². The molecule has 0 bridgehead atoms. The number of hydrogen-bond donors (Lipinski definition) is 0. The molecule has 0 aliphatic rings. The molecule has 0 aliphatic heterocycles. The van der Waals surface area contributed by atoms with Gasteiger partial charge in [-0.2, -0.15) is 25.7 Å². The van der Waals surface area contributed by atoms with Gasteiger partial charge in [0.2, 0.25) is 0 Å². The Balaban J connectivity index is -0.0000000437. The van der Waals surface area contributed by atoms with Gasteiger partial charge >= 0.3 is 42.1 Å². The minimum Gasteiger partial charge on any atom is -0.344 e. The summed E-state index contributed by atoms with van der Waals surface area (Å²) in [6.45, 7) is 31.5. The van der Waals surface area contributed by atoms with Gasteiger partial charge in [0.05, 0.1) is 0 Å². The van der Waals surface area contributed by atoms with Gasteiger partial charge in [-0.15, -0.1) is 0 Å². The van der Waals surface area contributed by atoms with Crippen LogP contribution in [0.15, 0.2) is 0 Å². The Morgan fingerprint density at radius 3 is 1.22 bits per heavy atom. The number of Topliss-reactive ketones (excluding diaryl/α,β-unsaturated/α-hetero) is 1. The predicted octanol–water partition coefficient (Wildman–Crippen LogP) is 8.73. The van der Waals surface area contributed by atoms with Crippen molar-refractivity contribution in [3.8, 4) is 0 Å². The maximum absolute atomic E-state index is 11.2. The number of ketones is 1. The number of carbonyl (C=O) groups excluding carboxylic acids is 1. The molecule has 0 heterocycles. The summed E-state index contributed by atoms with van der Waals surface area (Å²) in [5, 5.41) is 0. The largest absolute Gasteiger partial charge is 2.00 e. The van der Waals surface area contributed by atoms with Crippen LogP contribution in [0.5, 0.6) is 0 Å². The van der Waals surface area contributed by atoms with Crippen molar-refractivity contribution in [2.24, 2.45) is 10.8 Å². The molecule has 0 saturated heterocycles. The Morgan fingerprint density at radius 1 is 0.741 bits per heavy atom. The van der Waals surface area contributed by atoms with Gasteiger partial charge in [0.15, 0.2) is 0 Å². The predicted molar refractivity (Wildman–Crippen MR) is 120 cm³/mol. The van der Waals surface area contributed by atoms with Crippen LogP contribution in [0.2, 0.25) is 0 Å². The van der Waals surface area contributed by atoms with Crippen LogP contribution in [-0.4, -0.2) is 5.78 Å². The van der Waals surface area contributed by atoms with Crippen molar-refractivity contribution in [1.29, 1.82) is 0 Å². The average Bonchev–Trinajstić information content (AvgIpc) is 2.35. The van der Waals surface area contributed by atoms with Crippen molar-refractivity contribution in [3.63, 3.8) is 0 Å². The van der Waals surface area contributed by atoms with Crippen LogP contribution in [0.3, 0.4) is 0 Å². The summed E-state index contributed by atoms with van der Waals surface area (Å²) in [7, 11) is 0. The number of unbranched alkanes of at least 4 members (excludes halogenated alkanes) is 1. The Kier molecular flexibility index (Phi) is 54.4. The van der Waals surface area contributed by atoms with Gasteiger partial charge < -0.3 is 27.7 Å². The number of hydrogen-bond acceptors (Lipinski definition) is 1. The molecular weight excluding hydrogens is 672 g/mol. The van der Waals surface area contributed by atoms with Crippen molar-refractivity contribution in [3.05, 3.63) is 27.7 Å². The Hall–Kier alpha value is 1.05. The summed E-state index contributed by atoms with van der Waals surface area (Å²) in [5.41, 5.74) is 0.639. The van der Waals surface area contributed by atoms with Crippen molar-refractivity contribution >= 4 is 5.78 Å². The summed E-state index contributed by atoms with van der Waals surface area (Å²) in [6, 6.07) is 0. The van der Waals surface area contributed by atoms with E-state index in [1.54, 1.807) is 0 Å². The molecule has 0 amide bonds. The first kappa shape index (κ1) is 46.3. The monoisotopic (exact) mass is 724 g/mol. The second kappa shape index (κ2) is 31.7. The maximum Gasteiger partial charge on any atom is 2.00 e. The molecule has 1 nitrogen and oxygen atoms in total. The van der Waals surface area contributed by atoms with E-state index in [-0.39, 0.29) is 55.0 Å². The van der Waals surface area contributed by atoms with E-state index in [2.05, 4.69) is 69.2 Å². The van der Waals surface area contributed by atoms with Crippen LogP contribution in [0.25, 0.3) is 0 Å². The molecule has 27 heavy (non-hydrogen) atoms. The summed E-state index contributed by atoms with van der Waals surface area (Å²) in [4.78, 5) is 11.2. The molecule has 0 N–H and O–H groups in total. The van der Waals surface area contributed by atoms with Crippen molar-refractivity contribution in [2.75, 3.05) is 0 Å².